The van der Waals surface area contributed by atoms with Crippen LogP contribution in [0.1, 0.15) is 38.5 Å². The number of aliphatic carboxylic acids is 2. The van der Waals surface area contributed by atoms with E-state index in [4.69, 9.17) is 10.2 Å². The number of rotatable bonds is 5. The average molecular weight is 232 g/mol. The van der Waals surface area contributed by atoms with E-state index in [-0.39, 0.29) is 6.42 Å². The van der Waals surface area contributed by atoms with Gasteiger partial charge in [-0.15, -0.1) is 0 Å². The highest BCUT2D eigenvalue weighted by Crippen LogP contribution is 2.27. The Balaban J connectivity index is 0.000000293. The number of ether oxygens (including phenoxy) is 1. The van der Waals surface area contributed by atoms with Gasteiger partial charge in [0, 0.05) is 13.5 Å². The van der Waals surface area contributed by atoms with Crippen LogP contribution in [0.4, 0.5) is 0 Å². The number of methoxy groups -OCH3 is 1. The minimum absolute atomic E-state index is 0.0938. The van der Waals surface area contributed by atoms with Crippen molar-refractivity contribution in [1.29, 1.82) is 0 Å². The molecule has 0 spiro atoms. The van der Waals surface area contributed by atoms with Crippen LogP contribution in [-0.4, -0.2) is 35.9 Å². The van der Waals surface area contributed by atoms with Gasteiger partial charge < -0.3 is 14.9 Å². The molecule has 2 N–H and O–H groups in total. The third kappa shape index (κ3) is 9.45. The van der Waals surface area contributed by atoms with Gasteiger partial charge in [0.25, 0.3) is 0 Å². The molecule has 1 rings (SSSR count). The van der Waals surface area contributed by atoms with Crippen LogP contribution in [0.5, 0.6) is 0 Å². The van der Waals surface area contributed by atoms with Crippen LogP contribution in [0.15, 0.2) is 0 Å². The standard InChI is InChI=1S/C7H12O2.C4H8O3/c8-7(9)5-6-3-1-2-4-6;1-7-3-2-4(5)6/h6H,1-5H2,(H,8,9);2-3H2,1H3,(H,5,6). The maximum atomic E-state index is 10.2. The molecule has 0 aromatic carbocycles. The summed E-state index contributed by atoms with van der Waals surface area (Å²) in [4.78, 5) is 19.8. The van der Waals surface area contributed by atoms with E-state index in [9.17, 15) is 9.59 Å². The summed E-state index contributed by atoms with van der Waals surface area (Å²) in [5, 5.41) is 16.3. The molecule has 0 aromatic rings. The largest absolute Gasteiger partial charge is 0.481 e. The molecule has 0 amide bonds. The van der Waals surface area contributed by atoms with Crippen LogP contribution in [0.3, 0.4) is 0 Å². The molecule has 1 fully saturated rings. The van der Waals surface area contributed by atoms with Crippen LogP contribution in [0, 0.1) is 5.92 Å². The van der Waals surface area contributed by atoms with Crippen molar-refractivity contribution in [2.45, 2.75) is 38.5 Å². The molecule has 5 nitrogen and oxygen atoms in total. The highest BCUT2D eigenvalue weighted by atomic mass is 16.5. The zero-order valence-electron chi connectivity index (χ0n) is 9.65. The van der Waals surface area contributed by atoms with E-state index in [0.717, 1.165) is 12.8 Å². The molecule has 0 bridgehead atoms. The number of hydrogen-bond donors (Lipinski definition) is 2. The molecule has 1 aliphatic carbocycles. The van der Waals surface area contributed by atoms with E-state index >= 15 is 0 Å². The molecule has 1 saturated carbocycles. The fraction of sp³-hybridized carbons (Fsp3) is 0.818. The topological polar surface area (TPSA) is 83.8 Å². The Hall–Kier alpha value is -1.10. The summed E-state index contributed by atoms with van der Waals surface area (Å²) in [5.41, 5.74) is 0. The van der Waals surface area contributed by atoms with Gasteiger partial charge in [-0.2, -0.15) is 0 Å². The molecule has 0 aliphatic heterocycles. The molecule has 0 saturated heterocycles. The second-order valence-electron chi connectivity index (χ2n) is 3.88. The van der Waals surface area contributed by atoms with Gasteiger partial charge in [0.2, 0.25) is 0 Å². The van der Waals surface area contributed by atoms with Crippen LogP contribution >= 0.6 is 0 Å². The number of carbonyl (C=O) groups is 2. The first kappa shape index (κ1) is 14.9. The van der Waals surface area contributed by atoms with Crippen LogP contribution in [0.2, 0.25) is 0 Å². The lowest BCUT2D eigenvalue weighted by atomic mass is 10.1. The minimum atomic E-state index is -0.818. The monoisotopic (exact) mass is 232 g/mol. The number of hydrogen-bond acceptors (Lipinski definition) is 3. The van der Waals surface area contributed by atoms with Gasteiger partial charge in [-0.05, 0) is 18.8 Å². The summed E-state index contributed by atoms with van der Waals surface area (Å²) in [6.07, 6.45) is 5.21. The molecular formula is C11H20O5. The van der Waals surface area contributed by atoms with Crippen molar-refractivity contribution in [3.05, 3.63) is 0 Å². The van der Waals surface area contributed by atoms with Crippen molar-refractivity contribution in [1.82, 2.24) is 0 Å². The molecule has 0 unspecified atom stereocenters. The minimum Gasteiger partial charge on any atom is -0.481 e. The van der Waals surface area contributed by atoms with E-state index in [1.807, 2.05) is 0 Å². The molecule has 0 atom stereocenters. The van der Waals surface area contributed by atoms with Gasteiger partial charge in [0.05, 0.1) is 13.0 Å². The summed E-state index contributed by atoms with van der Waals surface area (Å²) in [6.45, 7) is 0.301. The summed E-state index contributed by atoms with van der Waals surface area (Å²) in [7, 11) is 1.48. The molecule has 1 aliphatic rings. The van der Waals surface area contributed by atoms with Crippen LogP contribution < -0.4 is 0 Å². The fourth-order valence-corrected chi connectivity index (χ4v) is 1.65. The van der Waals surface area contributed by atoms with E-state index in [1.54, 1.807) is 0 Å². The summed E-state index contributed by atoms with van der Waals surface area (Å²) >= 11 is 0. The van der Waals surface area contributed by atoms with E-state index in [1.165, 1.54) is 20.0 Å². The molecule has 0 aromatic heterocycles. The predicted octanol–water partition coefficient (Wildman–Crippen LogP) is 1.76. The second kappa shape index (κ2) is 9.15. The first-order chi connectivity index (χ1) is 7.56. The Bertz CT molecular complexity index is 208. The summed E-state index contributed by atoms with van der Waals surface area (Å²) in [6, 6.07) is 0. The number of carboxylic acids is 2. The van der Waals surface area contributed by atoms with Crippen molar-refractivity contribution < 1.29 is 24.5 Å². The molecule has 5 heteroatoms. The highest BCUT2D eigenvalue weighted by molar-refractivity contribution is 5.67. The Morgan fingerprint density at radius 2 is 1.75 bits per heavy atom. The Morgan fingerprint density at radius 3 is 2.06 bits per heavy atom. The zero-order chi connectivity index (χ0) is 12.4. The van der Waals surface area contributed by atoms with Gasteiger partial charge in [-0.25, -0.2) is 0 Å². The van der Waals surface area contributed by atoms with Crippen LogP contribution in [0.25, 0.3) is 0 Å². The van der Waals surface area contributed by atoms with Gasteiger partial charge >= 0.3 is 11.9 Å². The maximum Gasteiger partial charge on any atom is 0.305 e. The Morgan fingerprint density at radius 1 is 1.19 bits per heavy atom. The van der Waals surface area contributed by atoms with Gasteiger partial charge in [-0.3, -0.25) is 9.59 Å². The van der Waals surface area contributed by atoms with Crippen molar-refractivity contribution in [3.63, 3.8) is 0 Å². The van der Waals surface area contributed by atoms with E-state index in [2.05, 4.69) is 4.74 Å². The van der Waals surface area contributed by atoms with Gasteiger partial charge in [-0.1, -0.05) is 12.8 Å². The fourth-order valence-electron chi connectivity index (χ4n) is 1.65. The first-order valence-corrected chi connectivity index (χ1v) is 5.48. The molecular weight excluding hydrogens is 212 g/mol. The normalized spacial score (nSPS) is 15.3. The lowest BCUT2D eigenvalue weighted by molar-refractivity contribution is -0.139. The molecule has 94 valence electrons. The van der Waals surface area contributed by atoms with Gasteiger partial charge in [0.15, 0.2) is 0 Å². The van der Waals surface area contributed by atoms with E-state index < -0.39 is 11.9 Å². The lowest BCUT2D eigenvalue weighted by Crippen LogP contribution is -2.02. The quantitative estimate of drug-likeness (QED) is 0.754. The highest BCUT2D eigenvalue weighted by Gasteiger charge is 2.17. The van der Waals surface area contributed by atoms with Crippen molar-refractivity contribution in [2.75, 3.05) is 13.7 Å². The van der Waals surface area contributed by atoms with Gasteiger partial charge in [0.1, 0.15) is 0 Å². The second-order valence-corrected chi connectivity index (χ2v) is 3.88. The Labute approximate surface area is 95.4 Å². The SMILES string of the molecule is COCCC(=O)O.O=C(O)CC1CCCC1. The lowest BCUT2D eigenvalue weighted by Gasteiger charge is -2.01. The molecule has 0 heterocycles. The maximum absolute atomic E-state index is 10.2. The third-order valence-corrected chi connectivity index (χ3v) is 2.46. The van der Waals surface area contributed by atoms with E-state index in [0.29, 0.717) is 18.9 Å². The predicted molar refractivity (Wildman–Crippen MR) is 58.3 cm³/mol. The first-order valence-electron chi connectivity index (χ1n) is 5.48. The van der Waals surface area contributed by atoms with Crippen molar-refractivity contribution >= 4 is 11.9 Å². The average Bonchev–Trinajstić information content (AvgIpc) is 2.67. The summed E-state index contributed by atoms with van der Waals surface area (Å²) in [5.74, 6) is -0.966. The van der Waals surface area contributed by atoms with Crippen molar-refractivity contribution in [3.8, 4) is 0 Å². The third-order valence-electron chi connectivity index (χ3n) is 2.46. The smallest absolute Gasteiger partial charge is 0.305 e. The zero-order valence-corrected chi connectivity index (χ0v) is 9.65. The van der Waals surface area contributed by atoms with Crippen molar-refractivity contribution in [2.24, 2.45) is 5.92 Å². The summed E-state index contributed by atoms with van der Waals surface area (Å²) < 4.78 is 4.47. The molecule has 0 radical (unpaired) electrons. The Kier molecular flexibility index (Phi) is 8.52. The number of carboxylic acid groups (broad SMARTS) is 2. The van der Waals surface area contributed by atoms with Crippen LogP contribution in [-0.2, 0) is 14.3 Å². The molecule has 16 heavy (non-hydrogen) atoms.